The van der Waals surface area contributed by atoms with E-state index in [9.17, 15) is 14.3 Å². The van der Waals surface area contributed by atoms with Gasteiger partial charge in [0.2, 0.25) is 0 Å². The van der Waals surface area contributed by atoms with Gasteiger partial charge in [-0.05, 0) is 12.1 Å². The summed E-state index contributed by atoms with van der Waals surface area (Å²) in [5, 5.41) is 19.8. The van der Waals surface area contributed by atoms with Crippen LogP contribution in [-0.2, 0) is 0 Å². The number of phenolic OH excluding ortho intramolecular Hbond substituents is 1. The third kappa shape index (κ3) is 1.75. The van der Waals surface area contributed by atoms with Gasteiger partial charge in [0, 0.05) is 6.07 Å². The summed E-state index contributed by atoms with van der Waals surface area (Å²) in [6.45, 7) is 0. The molecule has 0 aliphatic carbocycles. The Balaban J connectivity index is 2.39. The van der Waals surface area contributed by atoms with E-state index in [1.165, 1.54) is 18.2 Å². The number of aromatic nitrogens is 4. The van der Waals surface area contributed by atoms with Crippen LogP contribution in [0.2, 0.25) is 5.15 Å². The molecule has 19 heavy (non-hydrogen) atoms. The maximum absolute atomic E-state index is 13.7. The molecule has 0 bridgehead atoms. The van der Waals surface area contributed by atoms with Gasteiger partial charge in [0.15, 0.2) is 11.0 Å². The number of halogens is 2. The lowest BCUT2D eigenvalue weighted by atomic mass is 10.3. The average molecular weight is 281 g/mol. The van der Waals surface area contributed by atoms with Gasteiger partial charge in [-0.2, -0.15) is 14.9 Å². The Morgan fingerprint density at radius 2 is 2.21 bits per heavy atom. The van der Waals surface area contributed by atoms with Gasteiger partial charge in [-0.25, -0.2) is 4.39 Å². The van der Waals surface area contributed by atoms with Gasteiger partial charge in [0.1, 0.15) is 17.0 Å². The third-order valence-electron chi connectivity index (χ3n) is 2.58. The zero-order chi connectivity index (χ0) is 13.6. The number of aromatic amines is 1. The van der Waals surface area contributed by atoms with Crippen molar-refractivity contribution in [2.75, 3.05) is 0 Å². The number of nitrogens with one attached hydrogen (secondary N) is 1. The first-order valence-corrected chi connectivity index (χ1v) is 5.57. The standard InChI is InChI=1S/C11H6ClFN4O2/c12-11-9-6(14-15-11)4-8(19)17(16-9)10-5(13)2-1-3-7(10)18/h1-4,14,18H. The van der Waals surface area contributed by atoms with Crippen molar-refractivity contribution in [1.82, 2.24) is 20.0 Å². The Kier molecular flexibility index (Phi) is 2.49. The second kappa shape index (κ2) is 4.06. The highest BCUT2D eigenvalue weighted by molar-refractivity contribution is 6.33. The first-order valence-electron chi connectivity index (χ1n) is 5.20. The molecule has 3 aromatic rings. The molecule has 0 fully saturated rings. The van der Waals surface area contributed by atoms with Gasteiger partial charge in [-0.3, -0.25) is 9.89 Å². The van der Waals surface area contributed by atoms with Crippen LogP contribution >= 0.6 is 11.6 Å². The van der Waals surface area contributed by atoms with Gasteiger partial charge in [-0.1, -0.05) is 17.7 Å². The van der Waals surface area contributed by atoms with E-state index in [1.54, 1.807) is 0 Å². The second-order valence-corrected chi connectivity index (χ2v) is 4.14. The fourth-order valence-electron chi connectivity index (χ4n) is 1.73. The summed E-state index contributed by atoms with van der Waals surface area (Å²) in [6.07, 6.45) is 0. The Labute approximate surface area is 110 Å². The van der Waals surface area contributed by atoms with Crippen LogP contribution < -0.4 is 5.56 Å². The number of hydrogen-bond donors (Lipinski definition) is 2. The summed E-state index contributed by atoms with van der Waals surface area (Å²) in [7, 11) is 0. The van der Waals surface area contributed by atoms with E-state index in [2.05, 4.69) is 15.3 Å². The van der Waals surface area contributed by atoms with Crippen molar-refractivity contribution in [1.29, 1.82) is 0 Å². The van der Waals surface area contributed by atoms with E-state index in [-0.39, 0.29) is 16.4 Å². The summed E-state index contributed by atoms with van der Waals surface area (Å²) in [5.41, 5.74) is -0.397. The largest absolute Gasteiger partial charge is 0.506 e. The first kappa shape index (κ1) is 11.7. The van der Waals surface area contributed by atoms with Gasteiger partial charge in [0.25, 0.3) is 5.56 Å². The number of hydrogen-bond acceptors (Lipinski definition) is 4. The van der Waals surface area contributed by atoms with Crippen molar-refractivity contribution < 1.29 is 9.50 Å². The van der Waals surface area contributed by atoms with Crippen molar-refractivity contribution in [2.45, 2.75) is 0 Å². The van der Waals surface area contributed by atoms with Crippen LogP contribution in [0.25, 0.3) is 16.7 Å². The van der Waals surface area contributed by atoms with Gasteiger partial charge in [0.05, 0.1) is 5.52 Å². The highest BCUT2D eigenvalue weighted by Gasteiger charge is 2.15. The number of H-pyrrole nitrogens is 1. The predicted molar refractivity (Wildman–Crippen MR) is 66.1 cm³/mol. The fourth-order valence-corrected chi connectivity index (χ4v) is 1.91. The topological polar surface area (TPSA) is 83.8 Å². The van der Waals surface area contributed by atoms with E-state index in [0.717, 1.165) is 10.7 Å². The van der Waals surface area contributed by atoms with Gasteiger partial charge >= 0.3 is 0 Å². The summed E-state index contributed by atoms with van der Waals surface area (Å²) >= 11 is 5.79. The number of benzene rings is 1. The number of rotatable bonds is 1. The number of phenols is 1. The van der Waals surface area contributed by atoms with Crippen LogP contribution in [0.15, 0.2) is 29.1 Å². The molecule has 0 aliphatic heterocycles. The molecule has 0 saturated carbocycles. The van der Waals surface area contributed by atoms with E-state index in [1.807, 2.05) is 0 Å². The van der Waals surface area contributed by atoms with Gasteiger partial charge < -0.3 is 5.11 Å². The lowest BCUT2D eigenvalue weighted by Gasteiger charge is -2.07. The maximum Gasteiger partial charge on any atom is 0.273 e. The normalized spacial score (nSPS) is 11.1. The van der Waals surface area contributed by atoms with Crippen molar-refractivity contribution in [3.8, 4) is 11.4 Å². The third-order valence-corrected chi connectivity index (χ3v) is 2.84. The molecule has 8 heteroatoms. The number of para-hydroxylation sites is 1. The Morgan fingerprint density at radius 3 is 2.95 bits per heavy atom. The molecule has 2 aromatic heterocycles. The molecule has 0 saturated heterocycles. The van der Waals surface area contributed by atoms with Gasteiger partial charge in [-0.15, -0.1) is 0 Å². The molecule has 3 rings (SSSR count). The lowest BCUT2D eigenvalue weighted by Crippen LogP contribution is -2.21. The van der Waals surface area contributed by atoms with Crippen molar-refractivity contribution >= 4 is 22.6 Å². The number of fused-ring (bicyclic) bond motifs is 1. The highest BCUT2D eigenvalue weighted by Crippen LogP contribution is 2.23. The minimum atomic E-state index is -0.770. The van der Waals surface area contributed by atoms with Crippen LogP contribution in [0, 0.1) is 5.82 Å². The molecule has 0 unspecified atom stereocenters. The molecule has 2 N–H and O–H groups in total. The molecule has 0 aliphatic rings. The second-order valence-electron chi connectivity index (χ2n) is 3.78. The van der Waals surface area contributed by atoms with Crippen LogP contribution in [0.4, 0.5) is 4.39 Å². The van der Waals surface area contributed by atoms with E-state index < -0.39 is 17.1 Å². The molecule has 2 heterocycles. The van der Waals surface area contributed by atoms with Crippen molar-refractivity contribution in [2.24, 2.45) is 0 Å². The molecule has 0 atom stereocenters. The summed E-state index contributed by atoms with van der Waals surface area (Å²) < 4.78 is 14.5. The molecule has 0 spiro atoms. The predicted octanol–water partition coefficient (Wildman–Crippen LogP) is 1.61. The zero-order valence-electron chi connectivity index (χ0n) is 9.26. The Hall–Kier alpha value is -2.41. The van der Waals surface area contributed by atoms with Crippen LogP contribution in [0.1, 0.15) is 0 Å². The summed E-state index contributed by atoms with van der Waals surface area (Å²) in [5.74, 6) is -1.16. The SMILES string of the molecule is O=c1cc2[nH]nc(Cl)c2nn1-c1c(O)cccc1F. The molecular formula is C11H6ClFN4O2. The molecule has 6 nitrogen and oxygen atoms in total. The zero-order valence-corrected chi connectivity index (χ0v) is 10.0. The maximum atomic E-state index is 13.7. The minimum absolute atomic E-state index is 0.0552. The molecule has 96 valence electrons. The first-order chi connectivity index (χ1) is 9.08. The smallest absolute Gasteiger partial charge is 0.273 e. The van der Waals surface area contributed by atoms with Crippen molar-refractivity contribution in [3.05, 3.63) is 45.6 Å². The van der Waals surface area contributed by atoms with E-state index in [0.29, 0.717) is 5.52 Å². The van der Waals surface area contributed by atoms with Crippen LogP contribution in [0.5, 0.6) is 5.75 Å². The highest BCUT2D eigenvalue weighted by atomic mass is 35.5. The Bertz CT molecular complexity index is 822. The van der Waals surface area contributed by atoms with E-state index in [4.69, 9.17) is 11.6 Å². The summed E-state index contributed by atoms with van der Waals surface area (Å²) in [6, 6.07) is 4.87. The van der Waals surface area contributed by atoms with Crippen LogP contribution in [-0.4, -0.2) is 25.1 Å². The molecule has 0 amide bonds. The average Bonchev–Trinajstić information content (AvgIpc) is 2.70. The number of nitrogens with zero attached hydrogens (tertiary/aromatic N) is 3. The molecular weight excluding hydrogens is 275 g/mol. The summed E-state index contributed by atoms with van der Waals surface area (Å²) in [4.78, 5) is 11.9. The monoisotopic (exact) mass is 280 g/mol. The lowest BCUT2D eigenvalue weighted by molar-refractivity contribution is 0.461. The Morgan fingerprint density at radius 1 is 1.42 bits per heavy atom. The van der Waals surface area contributed by atoms with Crippen molar-refractivity contribution in [3.63, 3.8) is 0 Å². The number of aromatic hydroxyl groups is 1. The minimum Gasteiger partial charge on any atom is -0.506 e. The quantitative estimate of drug-likeness (QED) is 0.709. The van der Waals surface area contributed by atoms with E-state index >= 15 is 0 Å². The molecule has 1 aromatic carbocycles. The van der Waals surface area contributed by atoms with Crippen LogP contribution in [0.3, 0.4) is 0 Å². The molecule has 0 radical (unpaired) electrons. The fraction of sp³-hybridized carbons (Fsp3) is 0.